The van der Waals surface area contributed by atoms with Crippen molar-refractivity contribution in [2.45, 2.75) is 13.0 Å². The van der Waals surface area contributed by atoms with Gasteiger partial charge in [-0.25, -0.2) is 4.79 Å². The van der Waals surface area contributed by atoms with E-state index in [1.165, 1.54) is 6.39 Å². The van der Waals surface area contributed by atoms with Crippen LogP contribution < -0.4 is 0 Å². The highest BCUT2D eigenvalue weighted by atomic mass is 16.4. The number of carboxylic acids is 1. The molecule has 1 unspecified atom stereocenters. The zero-order valence-electron chi connectivity index (χ0n) is 10.1. The third-order valence-corrected chi connectivity index (χ3v) is 3.07. The summed E-state index contributed by atoms with van der Waals surface area (Å²) >= 11 is 0. The van der Waals surface area contributed by atoms with Crippen LogP contribution in [0.25, 0.3) is 22.5 Å². The molecule has 0 saturated heterocycles. The lowest BCUT2D eigenvalue weighted by Gasteiger charge is -2.13. The smallest absolute Gasteiger partial charge is 0.326 e. The summed E-state index contributed by atoms with van der Waals surface area (Å²) in [6.07, 6.45) is 1.22. The molecule has 0 aliphatic rings. The highest BCUT2D eigenvalue weighted by molar-refractivity contribution is 5.88. The first-order valence-electron chi connectivity index (χ1n) is 5.78. The monoisotopic (exact) mass is 257 g/mol. The molecule has 1 aromatic carbocycles. The second-order valence-corrected chi connectivity index (χ2v) is 4.22. The predicted molar refractivity (Wildman–Crippen MR) is 67.6 cm³/mol. The fraction of sp³-hybridized carbons (Fsp3) is 0.154. The number of para-hydroxylation sites is 1. The highest BCUT2D eigenvalue weighted by Gasteiger charge is 2.22. The van der Waals surface area contributed by atoms with Crippen molar-refractivity contribution in [1.29, 1.82) is 0 Å². The molecule has 2 heterocycles. The van der Waals surface area contributed by atoms with Gasteiger partial charge in [0.1, 0.15) is 11.7 Å². The molecule has 6 nitrogen and oxygen atoms in total. The zero-order chi connectivity index (χ0) is 13.4. The maximum absolute atomic E-state index is 11.3. The molecule has 0 radical (unpaired) electrons. The molecular formula is C13H11N3O3. The van der Waals surface area contributed by atoms with E-state index in [1.54, 1.807) is 11.5 Å². The maximum atomic E-state index is 11.3. The summed E-state index contributed by atoms with van der Waals surface area (Å²) in [5.74, 6) is -0.605. The number of aromatic nitrogens is 3. The predicted octanol–water partition coefficient (Wildman–Crippen LogP) is 2.34. The van der Waals surface area contributed by atoms with Crippen LogP contribution in [0.4, 0.5) is 0 Å². The molecule has 3 rings (SSSR count). The summed E-state index contributed by atoms with van der Waals surface area (Å²) in [5.41, 5.74) is 1.43. The van der Waals surface area contributed by atoms with Gasteiger partial charge in [-0.05, 0) is 19.1 Å². The Labute approximate surface area is 108 Å². The second kappa shape index (κ2) is 4.24. The first-order valence-corrected chi connectivity index (χ1v) is 5.78. The van der Waals surface area contributed by atoms with Crippen molar-refractivity contribution in [3.8, 4) is 11.6 Å². The molecule has 0 aliphatic carbocycles. The van der Waals surface area contributed by atoms with Crippen LogP contribution in [0.2, 0.25) is 0 Å². The number of hydrogen-bond donors (Lipinski definition) is 1. The van der Waals surface area contributed by atoms with Gasteiger partial charge in [-0.1, -0.05) is 18.2 Å². The number of rotatable bonds is 3. The van der Waals surface area contributed by atoms with E-state index in [-0.39, 0.29) is 0 Å². The van der Waals surface area contributed by atoms with Crippen LogP contribution >= 0.6 is 0 Å². The highest BCUT2D eigenvalue weighted by Crippen LogP contribution is 2.30. The standard InChI is InChI=1S/C13H11N3O3/c1-8(13(17)18)16-10-5-3-2-4-9(10)6-11(16)12-15-14-7-19-12/h2-8H,1H3,(H,17,18). The summed E-state index contributed by atoms with van der Waals surface area (Å²) in [7, 11) is 0. The SMILES string of the molecule is CC(C(=O)O)n1c(-c2nnco2)cc2ccccc21. The molecule has 3 aromatic rings. The first kappa shape index (κ1) is 11.5. The minimum Gasteiger partial charge on any atom is -0.480 e. The Morgan fingerprint density at radius 2 is 2.21 bits per heavy atom. The van der Waals surface area contributed by atoms with Crippen LogP contribution in [0.3, 0.4) is 0 Å². The van der Waals surface area contributed by atoms with Crippen LogP contribution in [0, 0.1) is 0 Å². The van der Waals surface area contributed by atoms with Gasteiger partial charge in [-0.2, -0.15) is 0 Å². The van der Waals surface area contributed by atoms with Gasteiger partial charge in [0, 0.05) is 10.9 Å². The normalized spacial score (nSPS) is 12.7. The van der Waals surface area contributed by atoms with Gasteiger partial charge in [0.15, 0.2) is 0 Å². The topological polar surface area (TPSA) is 81.1 Å². The molecule has 0 spiro atoms. The molecule has 0 saturated carbocycles. The van der Waals surface area contributed by atoms with Crippen molar-refractivity contribution in [3.63, 3.8) is 0 Å². The minimum absolute atomic E-state index is 0.310. The lowest BCUT2D eigenvalue weighted by molar-refractivity contribution is -0.140. The first-order chi connectivity index (χ1) is 9.18. The number of carboxylic acid groups (broad SMARTS) is 1. The average molecular weight is 257 g/mol. The van der Waals surface area contributed by atoms with E-state index in [4.69, 9.17) is 4.42 Å². The summed E-state index contributed by atoms with van der Waals surface area (Å²) in [6, 6.07) is 8.68. The largest absolute Gasteiger partial charge is 0.480 e. The molecule has 1 atom stereocenters. The van der Waals surface area contributed by atoms with E-state index < -0.39 is 12.0 Å². The molecule has 0 bridgehead atoms. The van der Waals surface area contributed by atoms with Gasteiger partial charge in [-0.15, -0.1) is 10.2 Å². The molecule has 1 N–H and O–H groups in total. The van der Waals surface area contributed by atoms with Crippen molar-refractivity contribution in [1.82, 2.24) is 14.8 Å². The molecular weight excluding hydrogens is 246 g/mol. The van der Waals surface area contributed by atoms with Gasteiger partial charge in [-0.3, -0.25) is 0 Å². The lowest BCUT2D eigenvalue weighted by atomic mass is 10.2. The molecule has 6 heteroatoms. The third kappa shape index (κ3) is 1.77. The number of aliphatic carboxylic acids is 1. The molecule has 0 amide bonds. The molecule has 96 valence electrons. The zero-order valence-corrected chi connectivity index (χ0v) is 10.1. The van der Waals surface area contributed by atoms with E-state index in [0.717, 1.165) is 10.9 Å². The van der Waals surface area contributed by atoms with E-state index in [2.05, 4.69) is 10.2 Å². The van der Waals surface area contributed by atoms with Gasteiger partial charge in [0.05, 0.1) is 0 Å². The maximum Gasteiger partial charge on any atom is 0.326 e. The Hall–Kier alpha value is -2.63. The lowest BCUT2D eigenvalue weighted by Crippen LogP contribution is -2.16. The Morgan fingerprint density at radius 3 is 2.89 bits per heavy atom. The van der Waals surface area contributed by atoms with Crippen LogP contribution in [-0.2, 0) is 4.79 Å². The third-order valence-electron chi connectivity index (χ3n) is 3.07. The number of nitrogens with zero attached hydrogens (tertiary/aromatic N) is 3. The van der Waals surface area contributed by atoms with Gasteiger partial charge >= 0.3 is 5.97 Å². The van der Waals surface area contributed by atoms with Crippen LogP contribution in [0.1, 0.15) is 13.0 Å². The Balaban J connectivity index is 2.32. The fourth-order valence-electron chi connectivity index (χ4n) is 2.15. The van der Waals surface area contributed by atoms with Crippen molar-refractivity contribution >= 4 is 16.9 Å². The summed E-state index contributed by atoms with van der Waals surface area (Å²) < 4.78 is 6.87. The minimum atomic E-state index is -0.915. The number of benzene rings is 1. The van der Waals surface area contributed by atoms with Crippen molar-refractivity contribution in [2.24, 2.45) is 0 Å². The van der Waals surface area contributed by atoms with Gasteiger partial charge < -0.3 is 14.1 Å². The Bertz CT molecular complexity index is 731. The van der Waals surface area contributed by atoms with Crippen LogP contribution in [0.5, 0.6) is 0 Å². The molecule has 19 heavy (non-hydrogen) atoms. The molecule has 0 aliphatic heterocycles. The fourth-order valence-corrected chi connectivity index (χ4v) is 2.15. The quantitative estimate of drug-likeness (QED) is 0.778. The van der Waals surface area contributed by atoms with Crippen LogP contribution in [0.15, 0.2) is 41.1 Å². The molecule has 0 fully saturated rings. The number of fused-ring (bicyclic) bond motifs is 1. The number of carbonyl (C=O) groups is 1. The van der Waals surface area contributed by atoms with E-state index in [9.17, 15) is 9.90 Å². The van der Waals surface area contributed by atoms with Crippen LogP contribution in [-0.4, -0.2) is 25.8 Å². The van der Waals surface area contributed by atoms with E-state index in [0.29, 0.717) is 11.6 Å². The summed E-state index contributed by atoms with van der Waals surface area (Å²) in [6.45, 7) is 1.62. The van der Waals surface area contributed by atoms with Crippen molar-refractivity contribution in [2.75, 3.05) is 0 Å². The Kier molecular flexibility index (Phi) is 2.56. The van der Waals surface area contributed by atoms with Gasteiger partial charge in [0.2, 0.25) is 6.39 Å². The Morgan fingerprint density at radius 1 is 1.42 bits per heavy atom. The molecule has 2 aromatic heterocycles. The van der Waals surface area contributed by atoms with E-state index >= 15 is 0 Å². The van der Waals surface area contributed by atoms with Crippen molar-refractivity contribution in [3.05, 3.63) is 36.7 Å². The van der Waals surface area contributed by atoms with Crippen molar-refractivity contribution < 1.29 is 14.3 Å². The average Bonchev–Trinajstić information content (AvgIpc) is 3.04. The summed E-state index contributed by atoms with van der Waals surface area (Å²) in [5, 5.41) is 17.7. The number of hydrogen-bond acceptors (Lipinski definition) is 4. The van der Waals surface area contributed by atoms with Gasteiger partial charge in [0.25, 0.3) is 5.89 Å². The summed E-state index contributed by atoms with van der Waals surface area (Å²) in [4.78, 5) is 11.3. The second-order valence-electron chi connectivity index (χ2n) is 4.22. The van der Waals surface area contributed by atoms with E-state index in [1.807, 2.05) is 30.3 Å².